The number of rotatable bonds is 9. The Labute approximate surface area is 103 Å². The largest absolute Gasteiger partial charge is 0.341 e. The van der Waals surface area contributed by atoms with Crippen molar-refractivity contribution in [3.05, 3.63) is 0 Å². The monoisotopic (exact) mass is 236 g/mol. The summed E-state index contributed by atoms with van der Waals surface area (Å²) >= 11 is 0. The zero-order valence-electron chi connectivity index (χ0n) is 10.2. The van der Waals surface area contributed by atoms with Gasteiger partial charge in [-0.15, -0.1) is 0 Å². The smallest absolute Gasteiger partial charge is 0.222 e. The lowest BCUT2D eigenvalue weighted by Crippen LogP contribution is -2.32. The van der Waals surface area contributed by atoms with Crippen molar-refractivity contribution in [1.29, 1.82) is 10.5 Å². The van der Waals surface area contributed by atoms with Crippen molar-refractivity contribution < 1.29 is 4.79 Å². The van der Waals surface area contributed by atoms with Crippen LogP contribution in [0.1, 0.15) is 38.5 Å². The summed E-state index contributed by atoms with van der Waals surface area (Å²) in [5.41, 5.74) is 5.37. The molecule has 0 unspecified atom stereocenters. The quantitative estimate of drug-likeness (QED) is 0.608. The van der Waals surface area contributed by atoms with Crippen LogP contribution in [0.3, 0.4) is 0 Å². The van der Waals surface area contributed by atoms with Crippen LogP contribution in [-0.2, 0) is 4.79 Å². The first-order valence-electron chi connectivity index (χ1n) is 5.98. The Kier molecular flexibility index (Phi) is 9.89. The molecule has 0 aromatic heterocycles. The number of hydrogen-bond acceptors (Lipinski definition) is 4. The van der Waals surface area contributed by atoms with E-state index in [0.717, 1.165) is 19.3 Å². The van der Waals surface area contributed by atoms with Gasteiger partial charge in [0.1, 0.15) is 0 Å². The average Bonchev–Trinajstić information content (AvgIpc) is 2.34. The molecule has 0 spiro atoms. The second-order valence-electron chi connectivity index (χ2n) is 3.80. The van der Waals surface area contributed by atoms with Crippen molar-refractivity contribution in [2.24, 2.45) is 5.73 Å². The Hall–Kier alpha value is -1.59. The van der Waals surface area contributed by atoms with Crippen molar-refractivity contribution in [1.82, 2.24) is 4.90 Å². The van der Waals surface area contributed by atoms with E-state index in [-0.39, 0.29) is 5.91 Å². The van der Waals surface area contributed by atoms with Crippen LogP contribution in [0.2, 0.25) is 0 Å². The Morgan fingerprint density at radius 2 is 1.65 bits per heavy atom. The molecule has 1 amide bonds. The fourth-order valence-electron chi connectivity index (χ4n) is 1.49. The molecule has 0 aliphatic heterocycles. The van der Waals surface area contributed by atoms with Gasteiger partial charge in [0.15, 0.2) is 0 Å². The molecule has 94 valence electrons. The number of unbranched alkanes of at least 4 members (excludes halogenated alkanes) is 2. The van der Waals surface area contributed by atoms with Gasteiger partial charge in [0.25, 0.3) is 0 Å². The van der Waals surface area contributed by atoms with Crippen molar-refractivity contribution in [3.8, 4) is 12.1 Å². The van der Waals surface area contributed by atoms with Gasteiger partial charge in [-0.05, 0) is 19.4 Å². The van der Waals surface area contributed by atoms with Gasteiger partial charge in [0, 0.05) is 19.5 Å². The average molecular weight is 236 g/mol. The summed E-state index contributed by atoms with van der Waals surface area (Å²) < 4.78 is 0. The van der Waals surface area contributed by atoms with Gasteiger partial charge in [0.2, 0.25) is 5.91 Å². The van der Waals surface area contributed by atoms with Crippen LogP contribution in [-0.4, -0.2) is 30.4 Å². The molecule has 0 aliphatic carbocycles. The molecule has 0 aliphatic rings. The Morgan fingerprint density at radius 1 is 1.06 bits per heavy atom. The molecular weight excluding hydrogens is 216 g/mol. The third kappa shape index (κ3) is 8.24. The topological polar surface area (TPSA) is 93.9 Å². The third-order valence-electron chi connectivity index (χ3n) is 2.43. The Morgan fingerprint density at radius 3 is 2.12 bits per heavy atom. The van der Waals surface area contributed by atoms with Crippen molar-refractivity contribution in [2.45, 2.75) is 38.5 Å². The van der Waals surface area contributed by atoms with Crippen LogP contribution in [0.4, 0.5) is 0 Å². The third-order valence-corrected chi connectivity index (χ3v) is 2.43. The minimum absolute atomic E-state index is 0.0347. The van der Waals surface area contributed by atoms with E-state index in [1.807, 2.05) is 12.1 Å². The van der Waals surface area contributed by atoms with Crippen molar-refractivity contribution >= 4 is 5.91 Å². The van der Waals surface area contributed by atoms with Crippen LogP contribution in [0.5, 0.6) is 0 Å². The van der Waals surface area contributed by atoms with Gasteiger partial charge >= 0.3 is 0 Å². The van der Waals surface area contributed by atoms with Gasteiger partial charge in [-0.2, -0.15) is 10.5 Å². The number of carbonyl (C=O) groups is 1. The summed E-state index contributed by atoms with van der Waals surface area (Å²) in [4.78, 5) is 13.4. The number of nitriles is 2. The molecule has 17 heavy (non-hydrogen) atoms. The molecule has 0 heterocycles. The molecule has 5 nitrogen and oxygen atoms in total. The molecule has 0 rings (SSSR count). The molecule has 0 aromatic carbocycles. The molecule has 0 saturated carbocycles. The minimum atomic E-state index is 0.0347. The number of amides is 1. The highest BCUT2D eigenvalue weighted by atomic mass is 16.2. The summed E-state index contributed by atoms with van der Waals surface area (Å²) in [5, 5.41) is 17.0. The van der Waals surface area contributed by atoms with Crippen LogP contribution in [0, 0.1) is 22.7 Å². The lowest BCUT2D eigenvalue weighted by molar-refractivity contribution is -0.131. The number of hydrogen-bond donors (Lipinski definition) is 1. The first-order valence-corrected chi connectivity index (χ1v) is 5.98. The summed E-state index contributed by atoms with van der Waals surface area (Å²) in [6.07, 6.45) is 3.83. The van der Waals surface area contributed by atoms with E-state index >= 15 is 0 Å². The lowest BCUT2D eigenvalue weighted by atomic mass is 10.1. The highest BCUT2D eigenvalue weighted by Gasteiger charge is 2.11. The summed E-state index contributed by atoms with van der Waals surface area (Å²) in [6.45, 7) is 1.50. The number of nitrogens with zero attached hydrogens (tertiary/aromatic N) is 3. The minimum Gasteiger partial charge on any atom is -0.341 e. The first-order chi connectivity index (χ1) is 8.26. The molecule has 0 atom stereocenters. The zero-order valence-corrected chi connectivity index (χ0v) is 10.2. The van der Waals surface area contributed by atoms with E-state index in [0.29, 0.717) is 38.9 Å². The van der Waals surface area contributed by atoms with Gasteiger partial charge in [-0.1, -0.05) is 6.42 Å². The van der Waals surface area contributed by atoms with Crippen LogP contribution < -0.4 is 5.73 Å². The summed E-state index contributed by atoms with van der Waals surface area (Å²) in [7, 11) is 0. The maximum absolute atomic E-state index is 11.8. The standard InChI is InChI=1S/C12H20N4O/c13-7-3-1-2-6-12(17)16(10-4-8-14)11-5-9-15/h1-7,10-11,13H2. The Bertz CT molecular complexity index is 272. The molecular formula is C12H20N4O. The summed E-state index contributed by atoms with van der Waals surface area (Å²) in [6, 6.07) is 4.03. The highest BCUT2D eigenvalue weighted by Crippen LogP contribution is 2.04. The van der Waals surface area contributed by atoms with Crippen molar-refractivity contribution in [3.63, 3.8) is 0 Å². The zero-order chi connectivity index (χ0) is 12.9. The predicted octanol–water partition coefficient (Wildman–Crippen LogP) is 1.16. The second kappa shape index (κ2) is 10.9. The second-order valence-corrected chi connectivity index (χ2v) is 3.80. The number of carbonyl (C=O) groups excluding carboxylic acids is 1. The SMILES string of the molecule is N#CCCN(CCC#N)C(=O)CCCCCN. The fourth-order valence-corrected chi connectivity index (χ4v) is 1.49. The van der Waals surface area contributed by atoms with Gasteiger partial charge in [0.05, 0.1) is 25.0 Å². The van der Waals surface area contributed by atoms with Gasteiger partial charge in [-0.25, -0.2) is 0 Å². The first kappa shape index (κ1) is 15.4. The molecule has 0 aromatic rings. The van der Waals surface area contributed by atoms with E-state index in [2.05, 4.69) is 0 Å². The summed E-state index contributed by atoms with van der Waals surface area (Å²) in [5.74, 6) is 0.0347. The maximum atomic E-state index is 11.8. The molecule has 5 heteroatoms. The number of nitrogens with two attached hydrogens (primary N) is 1. The van der Waals surface area contributed by atoms with Crippen LogP contribution in [0.25, 0.3) is 0 Å². The highest BCUT2D eigenvalue weighted by molar-refractivity contribution is 5.76. The van der Waals surface area contributed by atoms with Crippen LogP contribution >= 0.6 is 0 Å². The maximum Gasteiger partial charge on any atom is 0.222 e. The lowest BCUT2D eigenvalue weighted by Gasteiger charge is -2.20. The van der Waals surface area contributed by atoms with E-state index in [1.165, 1.54) is 0 Å². The molecule has 0 saturated heterocycles. The normalized spacial score (nSPS) is 9.35. The van der Waals surface area contributed by atoms with Crippen LogP contribution in [0.15, 0.2) is 0 Å². The van der Waals surface area contributed by atoms with E-state index in [9.17, 15) is 4.79 Å². The van der Waals surface area contributed by atoms with E-state index in [4.69, 9.17) is 16.3 Å². The van der Waals surface area contributed by atoms with E-state index < -0.39 is 0 Å². The molecule has 2 N–H and O–H groups in total. The molecule has 0 bridgehead atoms. The van der Waals surface area contributed by atoms with Crippen molar-refractivity contribution in [2.75, 3.05) is 19.6 Å². The molecule has 0 fully saturated rings. The van der Waals surface area contributed by atoms with Gasteiger partial charge in [-0.3, -0.25) is 4.79 Å². The van der Waals surface area contributed by atoms with Gasteiger partial charge < -0.3 is 10.6 Å². The Balaban J connectivity index is 3.95. The fraction of sp³-hybridized carbons (Fsp3) is 0.750. The van der Waals surface area contributed by atoms with E-state index in [1.54, 1.807) is 4.90 Å². The predicted molar refractivity (Wildman–Crippen MR) is 64.6 cm³/mol. The molecule has 0 radical (unpaired) electrons.